The second-order valence-electron chi connectivity index (χ2n) is 11.4. The number of halogens is 2. The van der Waals surface area contributed by atoms with Gasteiger partial charge < -0.3 is 20.5 Å². The van der Waals surface area contributed by atoms with Crippen LogP contribution in [0.1, 0.15) is 82.3 Å². The fourth-order valence-corrected chi connectivity index (χ4v) is 5.12. The standard InChI is InChI=1S/C28H37F2N3O3/c1-17(34)33-22(12-18-7-5-8-20(29)11-18)24(35)16-31-23-14-28(9-6-10-28)36-26-21(23)13-19(15-32-26)25(30)27(2,3)4/h5,7-8,11,13,15,22-25,31,35H,6,9-10,12,14,16H2,1-4H3,(H,33,34)/t22-,23-,24+,25-/m0/s1. The van der Waals surface area contributed by atoms with Gasteiger partial charge in [0.25, 0.3) is 0 Å². The van der Waals surface area contributed by atoms with Crippen molar-refractivity contribution in [2.75, 3.05) is 6.54 Å². The monoisotopic (exact) mass is 501 g/mol. The second kappa shape index (κ2) is 10.4. The highest BCUT2D eigenvalue weighted by Crippen LogP contribution is 2.49. The summed E-state index contributed by atoms with van der Waals surface area (Å²) in [5, 5.41) is 17.3. The summed E-state index contributed by atoms with van der Waals surface area (Å²) >= 11 is 0. The van der Waals surface area contributed by atoms with Crippen molar-refractivity contribution in [3.8, 4) is 5.88 Å². The minimum Gasteiger partial charge on any atom is -0.471 e. The van der Waals surface area contributed by atoms with Gasteiger partial charge in [0.15, 0.2) is 0 Å². The van der Waals surface area contributed by atoms with E-state index in [0.717, 1.165) is 24.8 Å². The smallest absolute Gasteiger partial charge is 0.218 e. The molecule has 2 aliphatic rings. The molecule has 1 aliphatic heterocycles. The first-order valence-corrected chi connectivity index (χ1v) is 12.7. The predicted molar refractivity (Wildman–Crippen MR) is 134 cm³/mol. The summed E-state index contributed by atoms with van der Waals surface area (Å²) in [4.78, 5) is 16.3. The number of carbonyl (C=O) groups excluding carboxylic acids is 1. The van der Waals surface area contributed by atoms with E-state index in [1.807, 2.05) is 26.8 Å². The van der Waals surface area contributed by atoms with Crippen LogP contribution >= 0.6 is 0 Å². The summed E-state index contributed by atoms with van der Waals surface area (Å²) in [6.45, 7) is 7.13. The number of aliphatic hydroxyl groups excluding tert-OH is 1. The third-order valence-electron chi connectivity index (χ3n) is 7.25. The highest BCUT2D eigenvalue weighted by atomic mass is 19.1. The maximum Gasteiger partial charge on any atom is 0.218 e. The molecule has 8 heteroatoms. The van der Waals surface area contributed by atoms with Gasteiger partial charge in [0.05, 0.1) is 12.1 Å². The largest absolute Gasteiger partial charge is 0.471 e. The molecule has 1 spiro atoms. The van der Waals surface area contributed by atoms with Gasteiger partial charge in [-0.05, 0) is 54.9 Å². The molecule has 0 saturated heterocycles. The number of hydrogen-bond donors (Lipinski definition) is 3. The molecule has 1 saturated carbocycles. The summed E-state index contributed by atoms with van der Waals surface area (Å²) in [6, 6.07) is 7.17. The third-order valence-corrected chi connectivity index (χ3v) is 7.25. The van der Waals surface area contributed by atoms with E-state index in [0.29, 0.717) is 23.4 Å². The van der Waals surface area contributed by atoms with Crippen LogP contribution in [0.25, 0.3) is 0 Å². The lowest BCUT2D eigenvalue weighted by Gasteiger charge is -2.47. The summed E-state index contributed by atoms with van der Waals surface area (Å²) in [5.74, 6) is -0.128. The first-order valence-electron chi connectivity index (χ1n) is 12.7. The molecule has 6 nitrogen and oxygen atoms in total. The zero-order chi connectivity index (χ0) is 26.1. The number of nitrogens with zero attached hydrogens (tertiary/aromatic N) is 1. The number of fused-ring (bicyclic) bond motifs is 1. The Labute approximate surface area is 211 Å². The zero-order valence-corrected chi connectivity index (χ0v) is 21.5. The minimum absolute atomic E-state index is 0.184. The van der Waals surface area contributed by atoms with Crippen LogP contribution in [0.4, 0.5) is 8.78 Å². The van der Waals surface area contributed by atoms with E-state index in [4.69, 9.17) is 4.74 Å². The lowest BCUT2D eigenvalue weighted by Crippen LogP contribution is -2.52. The number of benzene rings is 1. The van der Waals surface area contributed by atoms with Gasteiger partial charge in [-0.25, -0.2) is 13.8 Å². The Balaban J connectivity index is 1.53. The number of rotatable bonds is 8. The van der Waals surface area contributed by atoms with Crippen molar-refractivity contribution in [2.24, 2.45) is 5.41 Å². The SMILES string of the molecule is CC(=O)N[C@@H](Cc1cccc(F)c1)[C@H](O)CN[C@H]1CC2(CCC2)Oc2ncc([C@H](F)C(C)(C)C)cc21. The molecule has 2 aromatic rings. The van der Waals surface area contributed by atoms with Gasteiger partial charge in [0, 0.05) is 43.3 Å². The molecule has 1 amide bonds. The first-order chi connectivity index (χ1) is 17.0. The molecular weight excluding hydrogens is 464 g/mol. The van der Waals surface area contributed by atoms with Gasteiger partial charge in [-0.2, -0.15) is 0 Å². The molecular formula is C28H37F2N3O3. The highest BCUT2D eigenvalue weighted by molar-refractivity contribution is 5.73. The zero-order valence-electron chi connectivity index (χ0n) is 21.5. The fourth-order valence-electron chi connectivity index (χ4n) is 5.12. The van der Waals surface area contributed by atoms with Gasteiger partial charge >= 0.3 is 0 Å². The van der Waals surface area contributed by atoms with Crippen molar-refractivity contribution in [3.05, 3.63) is 59.0 Å². The van der Waals surface area contributed by atoms with Gasteiger partial charge in [0.2, 0.25) is 11.8 Å². The molecule has 1 fully saturated rings. The first kappa shape index (κ1) is 26.5. The highest BCUT2D eigenvalue weighted by Gasteiger charge is 2.46. The summed E-state index contributed by atoms with van der Waals surface area (Å²) < 4.78 is 35.1. The van der Waals surface area contributed by atoms with E-state index in [-0.39, 0.29) is 36.3 Å². The Hall–Kier alpha value is -2.58. The van der Waals surface area contributed by atoms with Crippen molar-refractivity contribution in [3.63, 3.8) is 0 Å². The fraction of sp³-hybridized carbons (Fsp3) is 0.571. The van der Waals surface area contributed by atoms with E-state index in [1.54, 1.807) is 18.3 Å². The maximum absolute atomic E-state index is 15.1. The molecule has 0 unspecified atom stereocenters. The second-order valence-corrected chi connectivity index (χ2v) is 11.4. The Bertz CT molecular complexity index is 1080. The Morgan fingerprint density at radius 3 is 2.67 bits per heavy atom. The van der Waals surface area contributed by atoms with E-state index in [9.17, 15) is 14.3 Å². The van der Waals surface area contributed by atoms with Gasteiger partial charge in [-0.15, -0.1) is 0 Å². The topological polar surface area (TPSA) is 83.5 Å². The summed E-state index contributed by atoms with van der Waals surface area (Å²) in [6.07, 6.45) is 3.37. The number of aromatic nitrogens is 1. The molecule has 4 rings (SSSR count). The van der Waals surface area contributed by atoms with Crippen LogP contribution in [0.3, 0.4) is 0 Å². The molecule has 3 N–H and O–H groups in total. The summed E-state index contributed by atoms with van der Waals surface area (Å²) in [5.41, 5.74) is 1.11. The van der Waals surface area contributed by atoms with Crippen LogP contribution in [0.15, 0.2) is 36.5 Å². The van der Waals surface area contributed by atoms with E-state index in [1.165, 1.54) is 19.1 Å². The van der Waals surface area contributed by atoms with Crippen LogP contribution in [-0.4, -0.2) is 40.3 Å². The molecule has 0 bridgehead atoms. The average Bonchev–Trinajstić information content (AvgIpc) is 2.79. The quantitative estimate of drug-likeness (QED) is 0.488. The lowest BCUT2D eigenvalue weighted by molar-refractivity contribution is -0.120. The van der Waals surface area contributed by atoms with E-state index < -0.39 is 23.7 Å². The summed E-state index contributed by atoms with van der Waals surface area (Å²) in [7, 11) is 0. The Morgan fingerprint density at radius 1 is 1.31 bits per heavy atom. The third kappa shape index (κ3) is 6.03. The molecule has 196 valence electrons. The number of carbonyl (C=O) groups is 1. The molecule has 1 aromatic carbocycles. The number of hydrogen-bond acceptors (Lipinski definition) is 5. The lowest BCUT2D eigenvalue weighted by atomic mass is 9.73. The van der Waals surface area contributed by atoms with Crippen molar-refractivity contribution in [2.45, 2.75) is 89.8 Å². The number of alkyl halides is 1. The minimum atomic E-state index is -1.18. The van der Waals surface area contributed by atoms with Crippen LogP contribution in [-0.2, 0) is 11.2 Å². The van der Waals surface area contributed by atoms with Crippen LogP contribution in [0.5, 0.6) is 5.88 Å². The molecule has 36 heavy (non-hydrogen) atoms. The van der Waals surface area contributed by atoms with Crippen molar-refractivity contribution >= 4 is 5.91 Å². The van der Waals surface area contributed by atoms with Crippen molar-refractivity contribution in [1.82, 2.24) is 15.6 Å². The predicted octanol–water partition coefficient (Wildman–Crippen LogP) is 4.72. The number of pyridine rings is 1. The van der Waals surface area contributed by atoms with Gasteiger partial charge in [-0.3, -0.25) is 4.79 Å². The molecule has 1 aliphatic carbocycles. The number of ether oxygens (including phenoxy) is 1. The van der Waals surface area contributed by atoms with Crippen LogP contribution in [0.2, 0.25) is 0 Å². The van der Waals surface area contributed by atoms with Crippen molar-refractivity contribution < 1.29 is 23.4 Å². The van der Waals surface area contributed by atoms with Gasteiger partial charge in [0.1, 0.15) is 17.6 Å². The van der Waals surface area contributed by atoms with Crippen LogP contribution < -0.4 is 15.4 Å². The Morgan fingerprint density at radius 2 is 2.06 bits per heavy atom. The van der Waals surface area contributed by atoms with Gasteiger partial charge in [-0.1, -0.05) is 32.9 Å². The van der Waals surface area contributed by atoms with Crippen molar-refractivity contribution in [1.29, 1.82) is 0 Å². The molecule has 2 heterocycles. The normalized spacial score (nSPS) is 21.0. The average molecular weight is 502 g/mol. The van der Waals surface area contributed by atoms with E-state index in [2.05, 4.69) is 15.6 Å². The number of nitrogens with one attached hydrogen (secondary N) is 2. The molecule has 1 aromatic heterocycles. The van der Waals surface area contributed by atoms with Crippen LogP contribution in [0, 0.1) is 11.2 Å². The number of amides is 1. The Kier molecular flexibility index (Phi) is 7.67. The van der Waals surface area contributed by atoms with E-state index >= 15 is 4.39 Å². The maximum atomic E-state index is 15.1. The molecule has 0 radical (unpaired) electrons. The number of aliphatic hydroxyl groups is 1. The molecule has 4 atom stereocenters.